The largest absolute Gasteiger partial charge is 0.454 e. The van der Waals surface area contributed by atoms with Crippen LogP contribution in [0.5, 0.6) is 0 Å². The van der Waals surface area contributed by atoms with Gasteiger partial charge in [-0.15, -0.1) is 0 Å². The van der Waals surface area contributed by atoms with Crippen LogP contribution < -0.4 is 4.90 Å². The first-order valence-corrected chi connectivity index (χ1v) is 18.2. The van der Waals surface area contributed by atoms with Gasteiger partial charge in [0, 0.05) is 38.5 Å². The van der Waals surface area contributed by atoms with Gasteiger partial charge in [0.05, 0.1) is 22.4 Å². The average Bonchev–Trinajstić information content (AvgIpc) is 3.73. The summed E-state index contributed by atoms with van der Waals surface area (Å²) in [7, 11) is 0. The molecule has 246 valence electrons. The molecule has 10 aromatic rings. The molecule has 8 aromatic carbocycles. The van der Waals surface area contributed by atoms with E-state index in [-0.39, 0.29) is 0 Å². The molecule has 0 fully saturated rings. The second-order valence-electron chi connectivity index (χ2n) is 14.2. The first-order valence-electron chi connectivity index (χ1n) is 18.2. The van der Waals surface area contributed by atoms with Crippen LogP contribution in [0, 0.1) is 5.92 Å². The lowest BCUT2D eigenvalue weighted by Gasteiger charge is -2.28. The van der Waals surface area contributed by atoms with Crippen LogP contribution in [-0.4, -0.2) is 4.57 Å². The third-order valence-electron chi connectivity index (χ3n) is 11.1. The first-order chi connectivity index (χ1) is 25.7. The topological polar surface area (TPSA) is 21.3 Å². The summed E-state index contributed by atoms with van der Waals surface area (Å²) < 4.78 is 9.28. The molecule has 2 aromatic heterocycles. The lowest BCUT2D eigenvalue weighted by atomic mass is 9.93. The molecule has 0 aliphatic heterocycles. The monoisotopic (exact) mass is 666 g/mol. The Morgan fingerprint density at radius 1 is 0.558 bits per heavy atom. The van der Waals surface area contributed by atoms with E-state index in [0.717, 1.165) is 46.0 Å². The quantitative estimate of drug-likeness (QED) is 0.174. The second-order valence-corrected chi connectivity index (χ2v) is 14.2. The Morgan fingerprint density at radius 3 is 2.15 bits per heavy atom. The van der Waals surface area contributed by atoms with Gasteiger partial charge in [-0.05, 0) is 87.8 Å². The van der Waals surface area contributed by atoms with E-state index in [1.807, 2.05) is 0 Å². The minimum atomic E-state index is 0.464. The van der Waals surface area contributed by atoms with Crippen molar-refractivity contribution < 1.29 is 4.42 Å². The fraction of sp³-hybridized carbons (Fsp3) is 0.0612. The van der Waals surface area contributed by atoms with Crippen LogP contribution in [0.15, 0.2) is 168 Å². The van der Waals surface area contributed by atoms with Gasteiger partial charge in [-0.1, -0.05) is 128 Å². The summed E-state index contributed by atoms with van der Waals surface area (Å²) in [4.78, 5) is 2.46. The van der Waals surface area contributed by atoms with Crippen molar-refractivity contribution in [3.05, 3.63) is 175 Å². The van der Waals surface area contributed by atoms with E-state index in [2.05, 4.69) is 186 Å². The lowest BCUT2D eigenvalue weighted by Crippen LogP contribution is -2.11. The summed E-state index contributed by atoms with van der Waals surface area (Å²) in [5.41, 5.74) is 8.92. The molecular weight excluding hydrogens is 633 g/mol. The van der Waals surface area contributed by atoms with Crippen LogP contribution in [0.3, 0.4) is 0 Å². The van der Waals surface area contributed by atoms with Crippen molar-refractivity contribution in [3.8, 4) is 5.69 Å². The van der Waals surface area contributed by atoms with Gasteiger partial charge >= 0.3 is 0 Å². The highest BCUT2D eigenvalue weighted by molar-refractivity contribution is 6.24. The van der Waals surface area contributed by atoms with Crippen molar-refractivity contribution >= 4 is 88.2 Å². The summed E-state index contributed by atoms with van der Waals surface area (Å²) in [5, 5.41) is 11.0. The minimum absolute atomic E-state index is 0.464. The van der Waals surface area contributed by atoms with Crippen molar-refractivity contribution in [1.29, 1.82) is 0 Å². The Balaban J connectivity index is 1.29. The van der Waals surface area contributed by atoms with E-state index >= 15 is 0 Å². The number of furan rings is 1. The van der Waals surface area contributed by atoms with Gasteiger partial charge in [-0.3, -0.25) is 0 Å². The van der Waals surface area contributed by atoms with E-state index in [1.165, 1.54) is 59.6 Å². The normalized spacial score (nSPS) is 14.3. The number of aromatic nitrogens is 1. The number of allylic oxidation sites excluding steroid dienone is 1. The second kappa shape index (κ2) is 11.2. The Morgan fingerprint density at radius 2 is 1.27 bits per heavy atom. The maximum atomic E-state index is 6.88. The summed E-state index contributed by atoms with van der Waals surface area (Å²) in [6.45, 7) is 2.28. The summed E-state index contributed by atoms with van der Waals surface area (Å²) in [5.74, 6) is 1.43. The lowest BCUT2D eigenvalue weighted by molar-refractivity contribution is 0.584. The standard InChI is InChI=1S/C49H34N2O/c1-31-22-27-47-42(28-31)41-19-11-21-44(49(41)52-47)51(46-29-33-13-6-7-16-36(33)40-25-23-32-12-5-8-17-37(32)48(40)46)35-24-26-39-38-18-9-10-20-43(38)50(45(39)30-35)34-14-3-2-4-15-34/h2-27,29-31H,28H2,1H3. The van der Waals surface area contributed by atoms with Crippen LogP contribution in [-0.2, 0) is 6.42 Å². The summed E-state index contributed by atoms with van der Waals surface area (Å²) in [6.07, 6.45) is 5.40. The smallest absolute Gasteiger partial charge is 0.159 e. The van der Waals surface area contributed by atoms with E-state index < -0.39 is 0 Å². The third kappa shape index (κ3) is 4.26. The van der Waals surface area contributed by atoms with Crippen LogP contribution >= 0.6 is 0 Å². The molecule has 1 aliphatic carbocycles. The number of hydrogen-bond donors (Lipinski definition) is 0. The number of rotatable bonds is 4. The molecule has 0 N–H and O–H groups in total. The highest BCUT2D eigenvalue weighted by Gasteiger charge is 2.26. The highest BCUT2D eigenvalue weighted by Crippen LogP contribution is 2.49. The molecule has 1 unspecified atom stereocenters. The van der Waals surface area contributed by atoms with E-state index in [0.29, 0.717) is 5.92 Å². The van der Waals surface area contributed by atoms with Crippen molar-refractivity contribution in [1.82, 2.24) is 4.57 Å². The molecule has 0 spiro atoms. The molecule has 0 bridgehead atoms. The zero-order valence-corrected chi connectivity index (χ0v) is 28.8. The number of fused-ring (bicyclic) bond motifs is 11. The third-order valence-corrected chi connectivity index (χ3v) is 11.1. The van der Waals surface area contributed by atoms with Crippen molar-refractivity contribution in [2.24, 2.45) is 5.92 Å². The summed E-state index contributed by atoms with van der Waals surface area (Å²) in [6, 6.07) is 57.6. The molecule has 0 amide bonds. The molecular formula is C49H34N2O. The minimum Gasteiger partial charge on any atom is -0.454 e. The van der Waals surface area contributed by atoms with Gasteiger partial charge in [0.25, 0.3) is 0 Å². The fourth-order valence-corrected chi connectivity index (χ4v) is 8.73. The Labute approximate surface area is 301 Å². The first kappa shape index (κ1) is 29.2. The number of para-hydroxylation sites is 3. The van der Waals surface area contributed by atoms with Gasteiger partial charge in [0.1, 0.15) is 5.76 Å². The molecule has 3 heteroatoms. The van der Waals surface area contributed by atoms with Crippen LogP contribution in [0.2, 0.25) is 0 Å². The average molecular weight is 667 g/mol. The van der Waals surface area contributed by atoms with Crippen molar-refractivity contribution in [2.45, 2.75) is 13.3 Å². The van der Waals surface area contributed by atoms with Gasteiger partial charge in [-0.25, -0.2) is 0 Å². The Hall–Kier alpha value is -6.58. The van der Waals surface area contributed by atoms with E-state index in [4.69, 9.17) is 4.42 Å². The van der Waals surface area contributed by atoms with Crippen LogP contribution in [0.25, 0.3) is 76.9 Å². The van der Waals surface area contributed by atoms with E-state index in [9.17, 15) is 0 Å². The Bertz CT molecular complexity index is 3070. The molecule has 0 radical (unpaired) electrons. The maximum Gasteiger partial charge on any atom is 0.159 e. The number of anilines is 3. The zero-order valence-electron chi connectivity index (χ0n) is 28.8. The number of hydrogen-bond acceptors (Lipinski definition) is 2. The molecule has 52 heavy (non-hydrogen) atoms. The van der Waals surface area contributed by atoms with Crippen molar-refractivity contribution in [2.75, 3.05) is 4.90 Å². The Kier molecular flexibility index (Phi) is 6.29. The zero-order chi connectivity index (χ0) is 34.3. The van der Waals surface area contributed by atoms with Crippen LogP contribution in [0.1, 0.15) is 18.2 Å². The molecule has 3 nitrogen and oxygen atoms in total. The number of nitrogens with zero attached hydrogens (tertiary/aromatic N) is 2. The van der Waals surface area contributed by atoms with Gasteiger partial charge in [0.2, 0.25) is 0 Å². The SMILES string of the molecule is CC1C=Cc2oc3c(N(c4ccc5c6ccccc6n(-c6ccccc6)c5c4)c4cc5ccccc5c5ccc6ccccc6c45)cccc3c2C1. The predicted octanol–water partition coefficient (Wildman–Crippen LogP) is 13.7. The molecule has 11 rings (SSSR count). The predicted molar refractivity (Wildman–Crippen MR) is 220 cm³/mol. The fourth-order valence-electron chi connectivity index (χ4n) is 8.73. The molecule has 1 atom stereocenters. The maximum absolute atomic E-state index is 6.88. The van der Waals surface area contributed by atoms with Crippen LogP contribution in [0.4, 0.5) is 17.1 Å². The van der Waals surface area contributed by atoms with Gasteiger partial charge < -0.3 is 13.9 Å². The van der Waals surface area contributed by atoms with Crippen molar-refractivity contribution in [3.63, 3.8) is 0 Å². The number of benzene rings is 8. The van der Waals surface area contributed by atoms with E-state index in [1.54, 1.807) is 0 Å². The summed E-state index contributed by atoms with van der Waals surface area (Å²) >= 11 is 0. The molecule has 2 heterocycles. The van der Waals surface area contributed by atoms with Gasteiger partial charge in [-0.2, -0.15) is 0 Å². The highest BCUT2D eigenvalue weighted by atomic mass is 16.3. The molecule has 0 saturated carbocycles. The molecule has 1 aliphatic rings. The van der Waals surface area contributed by atoms with Gasteiger partial charge in [0.15, 0.2) is 5.58 Å². The molecule has 0 saturated heterocycles.